The second-order valence-electron chi connectivity index (χ2n) is 3.81. The number of allylic oxidation sites excluding steroid dienone is 1. The average Bonchev–Trinajstić information content (AvgIpc) is 2.37. The highest BCUT2D eigenvalue weighted by molar-refractivity contribution is 14.1. The van der Waals surface area contributed by atoms with Crippen LogP contribution in [0.2, 0.25) is 0 Å². The van der Waals surface area contributed by atoms with Crippen molar-refractivity contribution in [3.8, 4) is 0 Å². The van der Waals surface area contributed by atoms with Crippen LogP contribution in [0, 0.1) is 0 Å². The molecule has 1 unspecified atom stereocenters. The highest BCUT2D eigenvalue weighted by atomic mass is 127. The Balaban J connectivity index is 2.63. The molecule has 0 aliphatic heterocycles. The van der Waals surface area contributed by atoms with Gasteiger partial charge in [-0.2, -0.15) is 0 Å². The highest BCUT2D eigenvalue weighted by Crippen LogP contribution is 2.59. The molecule has 0 amide bonds. The molecule has 104 valence electrons. The maximum absolute atomic E-state index is 12.4. The zero-order valence-electron chi connectivity index (χ0n) is 10.8. The maximum atomic E-state index is 12.4. The molecule has 0 saturated heterocycles. The number of thioether (sulfide) groups is 1. The minimum Gasteiger partial charge on any atom is -0.305 e. The summed E-state index contributed by atoms with van der Waals surface area (Å²) in [5.41, 5.74) is 0. The number of hydrogen-bond donors (Lipinski definition) is 0. The van der Waals surface area contributed by atoms with Crippen molar-refractivity contribution in [2.45, 2.75) is 38.4 Å². The third-order valence-corrected chi connectivity index (χ3v) is 8.05. The van der Waals surface area contributed by atoms with E-state index >= 15 is 0 Å². The third kappa shape index (κ3) is 5.37. The van der Waals surface area contributed by atoms with Crippen LogP contribution >= 0.6 is 41.9 Å². The van der Waals surface area contributed by atoms with Crippen LogP contribution in [0.1, 0.15) is 33.1 Å². The summed E-state index contributed by atoms with van der Waals surface area (Å²) in [6, 6.07) is 0. The summed E-state index contributed by atoms with van der Waals surface area (Å²) in [7, 11) is -3.08. The van der Waals surface area contributed by atoms with Gasteiger partial charge in [-0.05, 0) is 61.1 Å². The van der Waals surface area contributed by atoms with E-state index in [4.69, 9.17) is 9.05 Å². The molecule has 6 heteroatoms. The van der Waals surface area contributed by atoms with Crippen molar-refractivity contribution in [1.29, 1.82) is 0 Å². The van der Waals surface area contributed by atoms with Crippen molar-refractivity contribution < 1.29 is 13.6 Å². The first-order valence-corrected chi connectivity index (χ1v) is 9.76. The molecule has 18 heavy (non-hydrogen) atoms. The molecule has 0 N–H and O–H groups in total. The predicted molar refractivity (Wildman–Crippen MR) is 87.3 cm³/mol. The van der Waals surface area contributed by atoms with Gasteiger partial charge in [0, 0.05) is 5.25 Å². The second kappa shape index (κ2) is 8.80. The fraction of sp³-hybridized carbons (Fsp3) is 0.667. The van der Waals surface area contributed by atoms with Crippen LogP contribution in [-0.4, -0.2) is 18.5 Å². The van der Waals surface area contributed by atoms with E-state index in [0.29, 0.717) is 21.8 Å². The zero-order chi connectivity index (χ0) is 13.4. The van der Waals surface area contributed by atoms with Gasteiger partial charge in [0.25, 0.3) is 0 Å². The van der Waals surface area contributed by atoms with E-state index in [0.717, 1.165) is 0 Å². The lowest BCUT2D eigenvalue weighted by Crippen LogP contribution is -2.01. The molecule has 0 bridgehead atoms. The van der Waals surface area contributed by atoms with Crippen LogP contribution < -0.4 is 0 Å². The fourth-order valence-corrected chi connectivity index (χ4v) is 5.37. The minimum absolute atomic E-state index is 0.394. The first-order valence-electron chi connectivity index (χ1n) is 6.20. The van der Waals surface area contributed by atoms with Crippen LogP contribution in [-0.2, 0) is 13.6 Å². The molecule has 3 nitrogen and oxygen atoms in total. The van der Waals surface area contributed by atoms with Gasteiger partial charge in [-0.3, -0.25) is 4.57 Å². The maximum Gasteiger partial charge on any atom is 0.367 e. The van der Waals surface area contributed by atoms with Crippen LogP contribution in [0.15, 0.2) is 20.9 Å². The minimum atomic E-state index is -3.08. The van der Waals surface area contributed by atoms with Crippen molar-refractivity contribution in [2.75, 3.05) is 13.2 Å². The Hall–Kier alpha value is 0.710. The second-order valence-corrected chi connectivity index (χ2v) is 8.93. The lowest BCUT2D eigenvalue weighted by Gasteiger charge is -2.18. The van der Waals surface area contributed by atoms with Gasteiger partial charge in [-0.1, -0.05) is 12.2 Å². The van der Waals surface area contributed by atoms with Crippen LogP contribution in [0.25, 0.3) is 0 Å². The molecule has 1 atom stereocenters. The molecule has 1 aliphatic rings. The number of hydrogen-bond acceptors (Lipinski definition) is 4. The SMILES string of the molecule is CCOP(=O)(OCC)/C(I)=C/SC1C=CCCC1. The quantitative estimate of drug-likeness (QED) is 0.328. The Labute approximate surface area is 127 Å². The smallest absolute Gasteiger partial charge is 0.305 e. The molecule has 0 saturated carbocycles. The summed E-state index contributed by atoms with van der Waals surface area (Å²) in [4.78, 5) is 0. The first kappa shape index (κ1) is 16.8. The zero-order valence-corrected chi connectivity index (χ0v) is 14.7. The Morgan fingerprint density at radius 1 is 1.50 bits per heavy atom. The first-order chi connectivity index (χ1) is 8.62. The molecular weight excluding hydrogens is 382 g/mol. The van der Waals surface area contributed by atoms with Crippen molar-refractivity contribution >= 4 is 41.9 Å². The van der Waals surface area contributed by atoms with Crippen molar-refractivity contribution in [3.63, 3.8) is 0 Å². The molecule has 0 aromatic rings. The van der Waals surface area contributed by atoms with Gasteiger partial charge in [0.2, 0.25) is 0 Å². The molecule has 1 rings (SSSR count). The van der Waals surface area contributed by atoms with Gasteiger partial charge in [-0.15, -0.1) is 11.8 Å². The molecular formula is C12H20IO3PS. The Kier molecular flexibility index (Phi) is 8.19. The summed E-state index contributed by atoms with van der Waals surface area (Å²) in [5.74, 6) is 0. The fourth-order valence-electron chi connectivity index (χ4n) is 1.60. The highest BCUT2D eigenvalue weighted by Gasteiger charge is 2.27. The Morgan fingerprint density at radius 2 is 2.17 bits per heavy atom. The molecule has 0 heterocycles. The lowest BCUT2D eigenvalue weighted by atomic mass is 10.1. The molecule has 0 spiro atoms. The van der Waals surface area contributed by atoms with Crippen LogP contribution in [0.5, 0.6) is 0 Å². The molecule has 1 aliphatic carbocycles. The lowest BCUT2D eigenvalue weighted by molar-refractivity contribution is 0.228. The summed E-state index contributed by atoms with van der Waals surface area (Å²) in [6.45, 7) is 4.44. The van der Waals surface area contributed by atoms with E-state index in [-0.39, 0.29) is 0 Å². The van der Waals surface area contributed by atoms with Crippen LogP contribution in [0.4, 0.5) is 0 Å². The van der Waals surface area contributed by atoms with Gasteiger partial charge in [0.05, 0.1) is 13.2 Å². The normalized spacial score (nSPS) is 21.3. The predicted octanol–water partition coefficient (Wildman–Crippen LogP) is 5.33. The van der Waals surface area contributed by atoms with Crippen molar-refractivity contribution in [1.82, 2.24) is 0 Å². The number of rotatable bonds is 7. The third-order valence-electron chi connectivity index (χ3n) is 2.41. The van der Waals surface area contributed by atoms with E-state index in [1.165, 1.54) is 19.3 Å². The Morgan fingerprint density at radius 3 is 2.67 bits per heavy atom. The van der Waals surface area contributed by atoms with E-state index in [1.54, 1.807) is 11.8 Å². The van der Waals surface area contributed by atoms with E-state index in [1.807, 2.05) is 19.3 Å². The van der Waals surface area contributed by atoms with Gasteiger partial charge in [0.1, 0.15) is 3.32 Å². The van der Waals surface area contributed by atoms with E-state index < -0.39 is 7.60 Å². The summed E-state index contributed by atoms with van der Waals surface area (Å²) in [6.07, 6.45) is 8.02. The topological polar surface area (TPSA) is 35.5 Å². The van der Waals surface area contributed by atoms with Gasteiger partial charge < -0.3 is 9.05 Å². The van der Waals surface area contributed by atoms with Gasteiger partial charge in [-0.25, -0.2) is 0 Å². The summed E-state index contributed by atoms with van der Waals surface area (Å²) in [5, 5.41) is 2.41. The monoisotopic (exact) mass is 402 g/mol. The summed E-state index contributed by atoms with van der Waals surface area (Å²) >= 11 is 3.76. The average molecular weight is 402 g/mol. The largest absolute Gasteiger partial charge is 0.367 e. The Bertz CT molecular complexity index is 347. The van der Waals surface area contributed by atoms with Crippen LogP contribution in [0.3, 0.4) is 0 Å². The van der Waals surface area contributed by atoms with E-state index in [2.05, 4.69) is 34.7 Å². The van der Waals surface area contributed by atoms with Crippen molar-refractivity contribution in [2.24, 2.45) is 0 Å². The molecule has 0 aromatic heterocycles. The van der Waals surface area contributed by atoms with E-state index in [9.17, 15) is 4.57 Å². The standard InChI is InChI=1S/C12H20IO3PS/c1-3-15-17(14,16-4-2)12(13)10-18-11-8-6-5-7-9-11/h6,8,10-11H,3-5,7,9H2,1-2H3/b12-10+. The summed E-state index contributed by atoms with van der Waals surface area (Å²) < 4.78 is 23.7. The molecule has 0 radical (unpaired) electrons. The molecule has 0 aromatic carbocycles. The van der Waals surface area contributed by atoms with Gasteiger partial charge in [0.15, 0.2) is 0 Å². The van der Waals surface area contributed by atoms with Gasteiger partial charge >= 0.3 is 7.60 Å². The molecule has 0 fully saturated rings. The van der Waals surface area contributed by atoms with Crippen molar-refractivity contribution in [3.05, 3.63) is 20.9 Å². The number of halogens is 1.